The molecule has 1 saturated carbocycles. The lowest BCUT2D eigenvalue weighted by Crippen LogP contribution is -2.43. The van der Waals surface area contributed by atoms with E-state index in [-0.39, 0.29) is 23.2 Å². The molecule has 1 aliphatic heterocycles. The number of nitrogens with one attached hydrogen (secondary N) is 2. The van der Waals surface area contributed by atoms with E-state index in [1.165, 1.54) is 6.07 Å². The fraction of sp³-hybridized carbons (Fsp3) is 0.435. The number of anilines is 4. The summed E-state index contributed by atoms with van der Waals surface area (Å²) >= 11 is 0. The number of carbonyl (C=O) groups is 1. The van der Waals surface area contributed by atoms with Crippen LogP contribution in [0.25, 0.3) is 0 Å². The van der Waals surface area contributed by atoms with Crippen molar-refractivity contribution in [2.45, 2.75) is 37.8 Å². The molecule has 1 amide bonds. The molecule has 4 rings (SSSR count). The van der Waals surface area contributed by atoms with Gasteiger partial charge in [0.2, 0.25) is 0 Å². The van der Waals surface area contributed by atoms with Crippen molar-refractivity contribution < 1.29 is 9.53 Å². The largest absolute Gasteiger partial charge is 0.378 e. The lowest BCUT2D eigenvalue weighted by Gasteiger charge is -2.30. The Hall–Kier alpha value is -3.35. The van der Waals surface area contributed by atoms with E-state index in [0.29, 0.717) is 24.8 Å². The topological polar surface area (TPSA) is 142 Å². The van der Waals surface area contributed by atoms with E-state index < -0.39 is 5.91 Å². The summed E-state index contributed by atoms with van der Waals surface area (Å²) in [6.45, 7) is 3.03. The van der Waals surface area contributed by atoms with Gasteiger partial charge in [-0.1, -0.05) is 18.9 Å². The molecular weight excluding hydrogens is 406 g/mol. The number of carbonyl (C=O) groups excluding carboxylic acids is 1. The number of hydrogen-bond acceptors (Lipinski definition) is 8. The van der Waals surface area contributed by atoms with Crippen LogP contribution in [-0.2, 0) is 4.74 Å². The van der Waals surface area contributed by atoms with Crippen LogP contribution in [0.15, 0.2) is 30.3 Å². The number of morpholine rings is 1. The number of ether oxygens (including phenoxy) is 1. The number of pyridine rings is 1. The number of nitriles is 1. The van der Waals surface area contributed by atoms with Crippen molar-refractivity contribution in [3.63, 3.8) is 0 Å². The number of hydrogen-bond donors (Lipinski definition) is 4. The summed E-state index contributed by atoms with van der Waals surface area (Å²) in [7, 11) is 0. The molecule has 2 heterocycles. The molecule has 0 radical (unpaired) electrons. The van der Waals surface area contributed by atoms with Crippen molar-refractivity contribution in [1.29, 1.82) is 5.26 Å². The predicted molar refractivity (Wildman–Crippen MR) is 124 cm³/mol. The summed E-state index contributed by atoms with van der Waals surface area (Å²) < 4.78 is 5.43. The van der Waals surface area contributed by atoms with Gasteiger partial charge in [0, 0.05) is 36.5 Å². The Morgan fingerprint density at radius 2 is 1.97 bits per heavy atom. The van der Waals surface area contributed by atoms with Gasteiger partial charge in [-0.15, -0.1) is 0 Å². The number of amides is 1. The molecule has 2 aromatic rings. The highest BCUT2D eigenvalue weighted by Crippen LogP contribution is 2.28. The van der Waals surface area contributed by atoms with Gasteiger partial charge in [0.05, 0.1) is 24.3 Å². The molecule has 168 valence electrons. The average Bonchev–Trinajstić information content (AvgIpc) is 2.81. The lowest BCUT2D eigenvalue weighted by molar-refractivity contribution is 0.100. The molecule has 9 heteroatoms. The summed E-state index contributed by atoms with van der Waals surface area (Å²) in [6, 6.07) is 11.5. The van der Waals surface area contributed by atoms with Crippen molar-refractivity contribution in [1.82, 2.24) is 4.98 Å². The van der Waals surface area contributed by atoms with E-state index in [0.717, 1.165) is 50.1 Å². The first-order valence-corrected chi connectivity index (χ1v) is 11.0. The van der Waals surface area contributed by atoms with E-state index in [1.807, 2.05) is 24.3 Å². The van der Waals surface area contributed by atoms with Gasteiger partial charge in [0.25, 0.3) is 5.91 Å². The summed E-state index contributed by atoms with van der Waals surface area (Å²) in [5.74, 6) is 0.0657. The minimum atomic E-state index is -0.651. The van der Waals surface area contributed by atoms with Crippen LogP contribution in [0.2, 0.25) is 0 Å². The van der Waals surface area contributed by atoms with Crippen LogP contribution < -0.4 is 27.0 Å². The van der Waals surface area contributed by atoms with Gasteiger partial charge in [-0.25, -0.2) is 4.98 Å². The Labute approximate surface area is 187 Å². The minimum Gasteiger partial charge on any atom is -0.378 e. The van der Waals surface area contributed by atoms with Gasteiger partial charge in [0.15, 0.2) is 0 Å². The minimum absolute atomic E-state index is 0.00507. The molecule has 1 saturated heterocycles. The first-order valence-electron chi connectivity index (χ1n) is 11.0. The second kappa shape index (κ2) is 9.85. The maximum atomic E-state index is 12.1. The molecule has 2 atom stereocenters. The highest BCUT2D eigenvalue weighted by Gasteiger charge is 2.24. The zero-order valence-corrected chi connectivity index (χ0v) is 18.0. The Morgan fingerprint density at radius 3 is 2.69 bits per heavy atom. The van der Waals surface area contributed by atoms with Crippen LogP contribution >= 0.6 is 0 Å². The molecule has 1 aliphatic carbocycles. The van der Waals surface area contributed by atoms with Gasteiger partial charge in [-0.3, -0.25) is 4.79 Å². The van der Waals surface area contributed by atoms with E-state index in [4.69, 9.17) is 16.2 Å². The van der Waals surface area contributed by atoms with Gasteiger partial charge in [-0.05, 0) is 37.1 Å². The summed E-state index contributed by atoms with van der Waals surface area (Å²) in [5, 5.41) is 16.2. The molecule has 32 heavy (non-hydrogen) atoms. The number of aromatic nitrogens is 1. The monoisotopic (exact) mass is 435 g/mol. The molecule has 1 aromatic heterocycles. The van der Waals surface area contributed by atoms with Crippen molar-refractivity contribution >= 4 is 28.9 Å². The van der Waals surface area contributed by atoms with Crippen LogP contribution in [0.1, 0.15) is 41.6 Å². The second-order valence-corrected chi connectivity index (χ2v) is 8.23. The number of nitrogens with zero attached hydrogens (tertiary/aromatic N) is 3. The Balaban J connectivity index is 1.63. The lowest BCUT2D eigenvalue weighted by atomic mass is 9.91. The third-order valence-electron chi connectivity index (χ3n) is 6.04. The number of benzene rings is 1. The predicted octanol–water partition coefficient (Wildman–Crippen LogP) is 2.31. The maximum absolute atomic E-state index is 12.1. The Kier molecular flexibility index (Phi) is 6.73. The van der Waals surface area contributed by atoms with Crippen LogP contribution in [0, 0.1) is 11.3 Å². The van der Waals surface area contributed by atoms with Crippen molar-refractivity contribution in [2.75, 3.05) is 41.8 Å². The fourth-order valence-electron chi connectivity index (χ4n) is 4.24. The standard InChI is InChI=1S/C23H29N7O2/c24-14-15-12-18(21(26)31)23(29-22(15)28-20-7-2-1-6-19(20)25)27-16-4-3-5-17(13-16)30-8-10-32-11-9-30/h3-5,12-13,19-20H,1-2,6-11,25H2,(H2,26,31)(H2,27,28,29)/t19-,20+/m0/s1. The molecule has 2 aliphatic rings. The number of nitrogens with two attached hydrogens (primary N) is 2. The van der Waals surface area contributed by atoms with Crippen molar-refractivity contribution in [3.8, 4) is 6.07 Å². The molecular formula is C23H29N7O2. The molecule has 9 nitrogen and oxygen atoms in total. The zero-order chi connectivity index (χ0) is 22.5. The molecule has 0 spiro atoms. The Bertz CT molecular complexity index is 1010. The summed E-state index contributed by atoms with van der Waals surface area (Å²) in [4.78, 5) is 19.0. The molecule has 0 unspecified atom stereocenters. The molecule has 0 bridgehead atoms. The van der Waals surface area contributed by atoms with Crippen molar-refractivity contribution in [3.05, 3.63) is 41.5 Å². The van der Waals surface area contributed by atoms with Gasteiger partial charge in [0.1, 0.15) is 17.7 Å². The highest BCUT2D eigenvalue weighted by molar-refractivity contribution is 5.99. The Morgan fingerprint density at radius 1 is 1.19 bits per heavy atom. The molecule has 1 aromatic carbocycles. The molecule has 6 N–H and O–H groups in total. The third-order valence-corrected chi connectivity index (χ3v) is 6.04. The van der Waals surface area contributed by atoms with Gasteiger partial charge in [-0.2, -0.15) is 5.26 Å². The highest BCUT2D eigenvalue weighted by atomic mass is 16.5. The van der Waals surface area contributed by atoms with Crippen LogP contribution in [0.5, 0.6) is 0 Å². The van der Waals surface area contributed by atoms with E-state index in [2.05, 4.69) is 26.6 Å². The second-order valence-electron chi connectivity index (χ2n) is 8.23. The molecule has 2 fully saturated rings. The third kappa shape index (κ3) is 4.93. The van der Waals surface area contributed by atoms with E-state index in [1.54, 1.807) is 0 Å². The van der Waals surface area contributed by atoms with Crippen LogP contribution in [-0.4, -0.2) is 49.3 Å². The SMILES string of the molecule is N#Cc1cc(C(N)=O)c(Nc2cccc(N3CCOCC3)c2)nc1N[C@@H]1CCCC[C@@H]1N. The van der Waals surface area contributed by atoms with Crippen molar-refractivity contribution in [2.24, 2.45) is 11.5 Å². The maximum Gasteiger partial charge on any atom is 0.252 e. The van der Waals surface area contributed by atoms with Gasteiger partial charge >= 0.3 is 0 Å². The van der Waals surface area contributed by atoms with Crippen LogP contribution in [0.4, 0.5) is 23.0 Å². The zero-order valence-electron chi connectivity index (χ0n) is 18.0. The quantitative estimate of drug-likeness (QED) is 0.541. The number of primary amides is 1. The number of rotatable bonds is 6. The normalized spacial score (nSPS) is 20.9. The van der Waals surface area contributed by atoms with E-state index in [9.17, 15) is 10.1 Å². The average molecular weight is 436 g/mol. The first kappa shape index (κ1) is 21.9. The van der Waals surface area contributed by atoms with E-state index >= 15 is 0 Å². The first-order chi connectivity index (χ1) is 15.5. The fourth-order valence-corrected chi connectivity index (χ4v) is 4.24. The summed E-state index contributed by atoms with van der Waals surface area (Å²) in [5.41, 5.74) is 14.1. The van der Waals surface area contributed by atoms with Crippen LogP contribution in [0.3, 0.4) is 0 Å². The smallest absolute Gasteiger partial charge is 0.252 e. The summed E-state index contributed by atoms with van der Waals surface area (Å²) in [6.07, 6.45) is 4.02. The van der Waals surface area contributed by atoms with Gasteiger partial charge < -0.3 is 31.7 Å².